The number of carbonyl (C=O) groups is 1. The monoisotopic (exact) mass is 279 g/mol. The normalized spacial score (nSPS) is 24.6. The lowest BCUT2D eigenvalue weighted by Gasteiger charge is -2.28. The molecule has 3 unspecified atom stereocenters. The van der Waals surface area contributed by atoms with E-state index in [4.69, 9.17) is 4.42 Å². The van der Waals surface area contributed by atoms with E-state index in [0.29, 0.717) is 12.5 Å². The Bertz CT molecular complexity index is 417. The Balaban J connectivity index is 1.87. The number of furan rings is 1. The van der Waals surface area contributed by atoms with Gasteiger partial charge >= 0.3 is 0 Å². The molecule has 1 saturated heterocycles. The van der Waals surface area contributed by atoms with E-state index in [-0.39, 0.29) is 18.0 Å². The molecule has 1 aliphatic heterocycles. The first-order valence-electron chi connectivity index (χ1n) is 7.29. The van der Waals surface area contributed by atoms with Crippen LogP contribution in [0.1, 0.15) is 31.6 Å². The van der Waals surface area contributed by atoms with Gasteiger partial charge in [0.2, 0.25) is 5.91 Å². The number of piperidine rings is 1. The number of nitrogens with one attached hydrogen (secondary N) is 2. The summed E-state index contributed by atoms with van der Waals surface area (Å²) >= 11 is 0. The second-order valence-electron chi connectivity index (χ2n) is 5.88. The average molecular weight is 279 g/mol. The standard InChI is InChI=1S/C15H25N3O2/c1-11-6-7-16-12(9-11)15(19)17-10-13(18(2)3)14-5-4-8-20-14/h4-5,8,11-13,16H,6-7,9-10H2,1-3H3,(H,17,19). The Morgan fingerprint density at radius 1 is 1.60 bits per heavy atom. The van der Waals surface area contributed by atoms with Crippen LogP contribution in [0.4, 0.5) is 0 Å². The molecule has 0 bridgehead atoms. The van der Waals surface area contributed by atoms with Crippen LogP contribution in [0.15, 0.2) is 22.8 Å². The molecule has 2 rings (SSSR count). The van der Waals surface area contributed by atoms with E-state index in [1.54, 1.807) is 6.26 Å². The highest BCUT2D eigenvalue weighted by atomic mass is 16.3. The first-order chi connectivity index (χ1) is 9.58. The van der Waals surface area contributed by atoms with E-state index in [0.717, 1.165) is 25.1 Å². The van der Waals surface area contributed by atoms with E-state index in [1.807, 2.05) is 26.2 Å². The molecule has 1 amide bonds. The summed E-state index contributed by atoms with van der Waals surface area (Å²) in [6, 6.07) is 3.82. The van der Waals surface area contributed by atoms with Gasteiger partial charge in [-0.15, -0.1) is 0 Å². The lowest BCUT2D eigenvalue weighted by Crippen LogP contribution is -2.49. The Morgan fingerprint density at radius 3 is 3.00 bits per heavy atom. The van der Waals surface area contributed by atoms with E-state index >= 15 is 0 Å². The molecule has 0 spiro atoms. The number of likely N-dealkylation sites (N-methyl/N-ethyl adjacent to an activating group) is 1. The molecule has 1 aliphatic rings. The minimum Gasteiger partial charge on any atom is -0.468 e. The number of carbonyl (C=O) groups excluding carboxylic acids is 1. The fraction of sp³-hybridized carbons (Fsp3) is 0.667. The van der Waals surface area contributed by atoms with Gasteiger partial charge in [-0.25, -0.2) is 0 Å². The van der Waals surface area contributed by atoms with Gasteiger partial charge in [-0.2, -0.15) is 0 Å². The Hall–Kier alpha value is -1.33. The molecule has 2 N–H and O–H groups in total. The Morgan fingerprint density at radius 2 is 2.40 bits per heavy atom. The van der Waals surface area contributed by atoms with Crippen molar-refractivity contribution in [1.82, 2.24) is 15.5 Å². The van der Waals surface area contributed by atoms with Crippen LogP contribution >= 0.6 is 0 Å². The van der Waals surface area contributed by atoms with Crippen molar-refractivity contribution >= 4 is 5.91 Å². The number of hydrogen-bond acceptors (Lipinski definition) is 4. The van der Waals surface area contributed by atoms with Crippen molar-refractivity contribution in [3.05, 3.63) is 24.2 Å². The van der Waals surface area contributed by atoms with Gasteiger partial charge in [0.05, 0.1) is 18.3 Å². The van der Waals surface area contributed by atoms with Crippen LogP contribution in [-0.4, -0.2) is 44.0 Å². The van der Waals surface area contributed by atoms with Gasteiger partial charge in [-0.05, 0) is 51.5 Å². The van der Waals surface area contributed by atoms with Crippen molar-refractivity contribution in [2.75, 3.05) is 27.2 Å². The zero-order valence-corrected chi connectivity index (χ0v) is 12.6. The first-order valence-corrected chi connectivity index (χ1v) is 7.29. The van der Waals surface area contributed by atoms with Gasteiger partial charge < -0.3 is 15.1 Å². The summed E-state index contributed by atoms with van der Waals surface area (Å²) in [6.45, 7) is 3.69. The summed E-state index contributed by atoms with van der Waals surface area (Å²) in [5, 5.41) is 6.33. The molecule has 20 heavy (non-hydrogen) atoms. The summed E-state index contributed by atoms with van der Waals surface area (Å²) in [4.78, 5) is 14.3. The molecule has 1 fully saturated rings. The summed E-state index contributed by atoms with van der Waals surface area (Å²) in [5.41, 5.74) is 0. The zero-order valence-electron chi connectivity index (χ0n) is 12.6. The van der Waals surface area contributed by atoms with Crippen LogP contribution in [0.25, 0.3) is 0 Å². The second-order valence-corrected chi connectivity index (χ2v) is 5.88. The molecule has 0 saturated carbocycles. The van der Waals surface area contributed by atoms with Gasteiger partial charge in [-0.3, -0.25) is 9.69 Å². The van der Waals surface area contributed by atoms with Gasteiger partial charge in [0, 0.05) is 6.54 Å². The largest absolute Gasteiger partial charge is 0.468 e. The topological polar surface area (TPSA) is 57.5 Å². The minimum atomic E-state index is -0.0573. The highest BCUT2D eigenvalue weighted by Crippen LogP contribution is 2.18. The van der Waals surface area contributed by atoms with Gasteiger partial charge in [0.1, 0.15) is 5.76 Å². The SMILES string of the molecule is CC1CCNC(C(=O)NCC(c2ccco2)N(C)C)C1. The van der Waals surface area contributed by atoms with Crippen LogP contribution in [0.5, 0.6) is 0 Å². The maximum absolute atomic E-state index is 12.2. The third-order valence-corrected chi connectivity index (χ3v) is 3.95. The van der Waals surface area contributed by atoms with Crippen LogP contribution in [0.3, 0.4) is 0 Å². The van der Waals surface area contributed by atoms with Gasteiger partial charge in [0.25, 0.3) is 0 Å². The van der Waals surface area contributed by atoms with E-state index in [9.17, 15) is 4.79 Å². The van der Waals surface area contributed by atoms with E-state index < -0.39 is 0 Å². The molecule has 5 nitrogen and oxygen atoms in total. The quantitative estimate of drug-likeness (QED) is 0.855. The molecule has 3 atom stereocenters. The predicted molar refractivity (Wildman–Crippen MR) is 78.3 cm³/mol. The first kappa shape index (κ1) is 15.1. The van der Waals surface area contributed by atoms with Crippen LogP contribution in [0, 0.1) is 5.92 Å². The van der Waals surface area contributed by atoms with Crippen molar-refractivity contribution in [2.45, 2.75) is 31.8 Å². The van der Waals surface area contributed by atoms with Crippen molar-refractivity contribution in [2.24, 2.45) is 5.92 Å². The van der Waals surface area contributed by atoms with Crippen LogP contribution in [0.2, 0.25) is 0 Å². The Labute approximate surface area is 120 Å². The van der Waals surface area contributed by atoms with E-state index in [1.165, 1.54) is 0 Å². The molecule has 1 aromatic heterocycles. The number of amides is 1. The van der Waals surface area contributed by atoms with Crippen molar-refractivity contribution in [3.63, 3.8) is 0 Å². The molecule has 2 heterocycles. The molecule has 5 heteroatoms. The second kappa shape index (κ2) is 6.90. The molecular formula is C15H25N3O2. The van der Waals surface area contributed by atoms with Crippen molar-refractivity contribution in [1.29, 1.82) is 0 Å². The Kier molecular flexibility index (Phi) is 5.20. The fourth-order valence-corrected chi connectivity index (χ4v) is 2.65. The third kappa shape index (κ3) is 3.84. The van der Waals surface area contributed by atoms with Crippen LogP contribution < -0.4 is 10.6 Å². The number of nitrogens with zero attached hydrogens (tertiary/aromatic N) is 1. The van der Waals surface area contributed by atoms with Crippen molar-refractivity contribution < 1.29 is 9.21 Å². The number of rotatable bonds is 5. The summed E-state index contributed by atoms with van der Waals surface area (Å²) < 4.78 is 5.44. The average Bonchev–Trinajstić information content (AvgIpc) is 2.92. The highest BCUT2D eigenvalue weighted by molar-refractivity contribution is 5.81. The lowest BCUT2D eigenvalue weighted by atomic mass is 9.94. The van der Waals surface area contributed by atoms with Crippen LogP contribution in [-0.2, 0) is 4.79 Å². The zero-order chi connectivity index (χ0) is 14.5. The molecule has 0 radical (unpaired) electrons. The molecule has 0 aliphatic carbocycles. The third-order valence-electron chi connectivity index (χ3n) is 3.95. The molecule has 112 valence electrons. The maximum Gasteiger partial charge on any atom is 0.237 e. The molecular weight excluding hydrogens is 254 g/mol. The number of hydrogen-bond donors (Lipinski definition) is 2. The lowest BCUT2D eigenvalue weighted by molar-refractivity contribution is -0.124. The minimum absolute atomic E-state index is 0.0573. The predicted octanol–water partition coefficient (Wildman–Crippen LogP) is 1.39. The van der Waals surface area contributed by atoms with Gasteiger partial charge in [0.15, 0.2) is 0 Å². The molecule has 1 aromatic rings. The highest BCUT2D eigenvalue weighted by Gasteiger charge is 2.25. The van der Waals surface area contributed by atoms with Crippen molar-refractivity contribution in [3.8, 4) is 0 Å². The summed E-state index contributed by atoms with van der Waals surface area (Å²) in [5.74, 6) is 1.58. The maximum atomic E-state index is 12.2. The molecule has 0 aromatic carbocycles. The van der Waals surface area contributed by atoms with Gasteiger partial charge in [-0.1, -0.05) is 6.92 Å². The summed E-state index contributed by atoms with van der Waals surface area (Å²) in [6.07, 6.45) is 3.73. The fourth-order valence-electron chi connectivity index (χ4n) is 2.65. The van der Waals surface area contributed by atoms with E-state index in [2.05, 4.69) is 22.5 Å². The smallest absolute Gasteiger partial charge is 0.237 e. The summed E-state index contributed by atoms with van der Waals surface area (Å²) in [7, 11) is 3.97.